The second-order valence-electron chi connectivity index (χ2n) is 3.95. The minimum Gasteiger partial charge on any atom is -0.497 e. The number of fused-ring (bicyclic) bond motifs is 1. The first-order chi connectivity index (χ1) is 8.26. The summed E-state index contributed by atoms with van der Waals surface area (Å²) in [5, 5.41) is 3.18. The summed E-state index contributed by atoms with van der Waals surface area (Å²) in [5.41, 5.74) is 2.15. The Labute approximate surface area is 113 Å². The molecule has 1 heterocycles. The number of carbonyl (C=O) groups excluding carboxylic acids is 1. The first-order valence-corrected chi connectivity index (χ1v) is 5.83. The number of nitrogens with one attached hydrogen (secondary N) is 1. The van der Waals surface area contributed by atoms with Crippen LogP contribution < -0.4 is 10.1 Å². The molecule has 0 saturated carbocycles. The van der Waals surface area contributed by atoms with Gasteiger partial charge >= 0.3 is 5.97 Å². The van der Waals surface area contributed by atoms with Crippen molar-refractivity contribution in [2.24, 2.45) is 0 Å². The summed E-state index contributed by atoms with van der Waals surface area (Å²) >= 11 is 0. The number of rotatable bonds is 3. The second kappa shape index (κ2) is 6.61. The molecule has 0 aliphatic carbocycles. The largest absolute Gasteiger partial charge is 0.497 e. The lowest BCUT2D eigenvalue weighted by Gasteiger charge is -2.25. The number of hydrogen-bond acceptors (Lipinski definition) is 4. The van der Waals surface area contributed by atoms with Crippen LogP contribution in [0.1, 0.15) is 24.1 Å². The zero-order valence-corrected chi connectivity index (χ0v) is 11.4. The lowest BCUT2D eigenvalue weighted by molar-refractivity contribution is -0.146. The van der Waals surface area contributed by atoms with Crippen LogP contribution in [0.4, 0.5) is 0 Å². The van der Waals surface area contributed by atoms with E-state index in [2.05, 4.69) is 5.32 Å². The number of esters is 1. The summed E-state index contributed by atoms with van der Waals surface area (Å²) in [4.78, 5) is 11.8. The van der Waals surface area contributed by atoms with E-state index >= 15 is 0 Å². The van der Waals surface area contributed by atoms with Gasteiger partial charge in [0.2, 0.25) is 0 Å². The van der Waals surface area contributed by atoms with Gasteiger partial charge in [-0.05, 0) is 36.6 Å². The van der Waals surface area contributed by atoms with Crippen molar-refractivity contribution in [1.82, 2.24) is 5.32 Å². The molecule has 0 fully saturated rings. The maximum Gasteiger partial charge on any atom is 0.327 e. The van der Waals surface area contributed by atoms with Crippen molar-refractivity contribution < 1.29 is 14.3 Å². The van der Waals surface area contributed by atoms with Crippen molar-refractivity contribution in [1.29, 1.82) is 0 Å². The van der Waals surface area contributed by atoms with Crippen LogP contribution in [0.3, 0.4) is 0 Å². The molecule has 1 atom stereocenters. The molecule has 0 aromatic heterocycles. The van der Waals surface area contributed by atoms with Crippen molar-refractivity contribution in [2.75, 3.05) is 20.3 Å². The summed E-state index contributed by atoms with van der Waals surface area (Å²) in [7, 11) is 1.64. The maximum absolute atomic E-state index is 11.8. The third-order valence-electron chi connectivity index (χ3n) is 2.93. The van der Waals surface area contributed by atoms with Crippen molar-refractivity contribution in [3.05, 3.63) is 29.3 Å². The van der Waals surface area contributed by atoms with Gasteiger partial charge in [0.15, 0.2) is 0 Å². The van der Waals surface area contributed by atoms with Gasteiger partial charge in [0.1, 0.15) is 11.8 Å². The third kappa shape index (κ3) is 2.94. The van der Waals surface area contributed by atoms with Crippen molar-refractivity contribution >= 4 is 18.4 Å². The first kappa shape index (κ1) is 14.8. The Bertz CT molecular complexity index is 423. The minimum absolute atomic E-state index is 0. The number of halogens is 1. The summed E-state index contributed by atoms with van der Waals surface area (Å²) in [6.07, 6.45) is 0.905. The van der Waals surface area contributed by atoms with Gasteiger partial charge in [-0.1, -0.05) is 6.07 Å². The van der Waals surface area contributed by atoms with Gasteiger partial charge in [-0.3, -0.25) is 0 Å². The smallest absolute Gasteiger partial charge is 0.327 e. The molecule has 1 aliphatic rings. The van der Waals surface area contributed by atoms with Crippen LogP contribution in [0.15, 0.2) is 18.2 Å². The fourth-order valence-corrected chi connectivity index (χ4v) is 2.10. The molecule has 1 aliphatic heterocycles. The Balaban J connectivity index is 0.00000162. The first-order valence-electron chi connectivity index (χ1n) is 5.83. The molecule has 0 saturated heterocycles. The van der Waals surface area contributed by atoms with Gasteiger partial charge in [-0.25, -0.2) is 4.79 Å². The number of ether oxygens (including phenoxy) is 2. The average Bonchev–Trinajstić information content (AvgIpc) is 2.37. The molecule has 18 heavy (non-hydrogen) atoms. The van der Waals surface area contributed by atoms with E-state index in [0.29, 0.717) is 6.61 Å². The highest BCUT2D eigenvalue weighted by molar-refractivity contribution is 5.85. The van der Waals surface area contributed by atoms with E-state index in [4.69, 9.17) is 9.47 Å². The highest BCUT2D eigenvalue weighted by Gasteiger charge is 2.27. The molecule has 0 radical (unpaired) electrons. The van der Waals surface area contributed by atoms with Gasteiger partial charge in [-0.15, -0.1) is 12.4 Å². The Kier molecular flexibility index (Phi) is 5.44. The van der Waals surface area contributed by atoms with Crippen LogP contribution in [0, 0.1) is 0 Å². The number of carbonyl (C=O) groups is 1. The summed E-state index contributed by atoms with van der Waals surface area (Å²) in [6, 6.07) is 5.45. The van der Waals surface area contributed by atoms with E-state index in [1.54, 1.807) is 7.11 Å². The van der Waals surface area contributed by atoms with Crippen LogP contribution in [0.5, 0.6) is 5.75 Å². The summed E-state index contributed by atoms with van der Waals surface area (Å²) in [5.74, 6) is 0.617. The molecule has 1 aromatic rings. The molecule has 5 heteroatoms. The second-order valence-corrected chi connectivity index (χ2v) is 3.95. The topological polar surface area (TPSA) is 47.6 Å². The van der Waals surface area contributed by atoms with E-state index in [1.165, 1.54) is 0 Å². The van der Waals surface area contributed by atoms with Gasteiger partial charge in [0.25, 0.3) is 0 Å². The summed E-state index contributed by atoms with van der Waals surface area (Å²) < 4.78 is 10.2. The van der Waals surface area contributed by atoms with Gasteiger partial charge in [0, 0.05) is 6.54 Å². The number of benzene rings is 1. The molecule has 2 rings (SSSR count). The quantitative estimate of drug-likeness (QED) is 0.853. The zero-order chi connectivity index (χ0) is 12.3. The molecule has 0 amide bonds. The third-order valence-corrected chi connectivity index (χ3v) is 2.93. The van der Waals surface area contributed by atoms with Crippen LogP contribution >= 0.6 is 12.4 Å². The zero-order valence-electron chi connectivity index (χ0n) is 10.6. The predicted octanol–water partition coefficient (Wildman–Crippen LogP) is 1.87. The predicted molar refractivity (Wildman–Crippen MR) is 71.3 cm³/mol. The van der Waals surface area contributed by atoms with Gasteiger partial charge in [0.05, 0.1) is 13.7 Å². The van der Waals surface area contributed by atoms with E-state index in [-0.39, 0.29) is 24.4 Å². The van der Waals surface area contributed by atoms with E-state index in [9.17, 15) is 4.79 Å². The summed E-state index contributed by atoms with van der Waals surface area (Å²) in [6.45, 7) is 3.00. The molecular formula is C13H18ClNO3. The molecule has 1 aromatic carbocycles. The van der Waals surface area contributed by atoms with Crippen LogP contribution in [0.2, 0.25) is 0 Å². The van der Waals surface area contributed by atoms with Crippen molar-refractivity contribution in [2.45, 2.75) is 19.4 Å². The monoisotopic (exact) mass is 271 g/mol. The Morgan fingerprint density at radius 2 is 2.28 bits per heavy atom. The number of hydrogen-bond donors (Lipinski definition) is 1. The Morgan fingerprint density at radius 1 is 1.50 bits per heavy atom. The standard InChI is InChI=1S/C13H17NO3.ClH/c1-3-17-13(15)12-11-5-4-10(16-2)8-9(11)6-7-14-12;/h4-5,8,12,14H,3,6-7H2,1-2H3;1H/t12-;/m1./s1. The van der Waals surface area contributed by atoms with E-state index in [1.807, 2.05) is 25.1 Å². The fourth-order valence-electron chi connectivity index (χ4n) is 2.10. The Hall–Kier alpha value is -1.26. The van der Waals surface area contributed by atoms with Gasteiger partial charge < -0.3 is 14.8 Å². The molecular weight excluding hydrogens is 254 g/mol. The fraction of sp³-hybridized carbons (Fsp3) is 0.462. The average molecular weight is 272 g/mol. The maximum atomic E-state index is 11.8. The molecule has 0 spiro atoms. The van der Waals surface area contributed by atoms with Crippen LogP contribution in [-0.4, -0.2) is 26.2 Å². The molecule has 4 nitrogen and oxygen atoms in total. The molecule has 100 valence electrons. The lowest BCUT2D eigenvalue weighted by atomic mass is 9.94. The van der Waals surface area contributed by atoms with Crippen LogP contribution in [0.25, 0.3) is 0 Å². The molecule has 0 bridgehead atoms. The highest BCUT2D eigenvalue weighted by Crippen LogP contribution is 2.27. The highest BCUT2D eigenvalue weighted by atomic mass is 35.5. The van der Waals surface area contributed by atoms with E-state index in [0.717, 1.165) is 29.8 Å². The van der Waals surface area contributed by atoms with Gasteiger partial charge in [-0.2, -0.15) is 0 Å². The lowest BCUT2D eigenvalue weighted by Crippen LogP contribution is -2.36. The number of methoxy groups -OCH3 is 1. The van der Waals surface area contributed by atoms with Crippen molar-refractivity contribution in [3.8, 4) is 5.75 Å². The normalized spacial score (nSPS) is 17.3. The van der Waals surface area contributed by atoms with Crippen molar-refractivity contribution in [3.63, 3.8) is 0 Å². The molecule has 0 unspecified atom stereocenters. The Morgan fingerprint density at radius 3 is 2.94 bits per heavy atom. The molecule has 1 N–H and O–H groups in total. The van der Waals surface area contributed by atoms with Crippen LogP contribution in [-0.2, 0) is 16.0 Å². The SMILES string of the molecule is CCOC(=O)[C@@H]1NCCc2cc(OC)ccc21.Cl. The minimum atomic E-state index is -0.343. The van der Waals surface area contributed by atoms with E-state index < -0.39 is 0 Å².